The van der Waals surface area contributed by atoms with Gasteiger partial charge in [-0.3, -0.25) is 0 Å². The third kappa shape index (κ3) is 3.82. The lowest BCUT2D eigenvalue weighted by atomic mass is 10.2. The summed E-state index contributed by atoms with van der Waals surface area (Å²) in [5.41, 5.74) is 7.65. The number of nitrogens with two attached hydrogens (primary N) is 1. The van der Waals surface area contributed by atoms with Crippen LogP contribution in [0.25, 0.3) is 0 Å². The summed E-state index contributed by atoms with van der Waals surface area (Å²) in [5.74, 6) is 0.755. The maximum Gasteiger partial charge on any atom is 0.121 e. The molecule has 1 rings (SSSR count). The largest absolute Gasteiger partial charge is 0.497 e. The van der Waals surface area contributed by atoms with E-state index in [1.54, 1.807) is 7.11 Å². The molecule has 0 radical (unpaired) electrons. The van der Waals surface area contributed by atoms with Gasteiger partial charge in [-0.2, -0.15) is 0 Å². The SMILES string of the molecule is CCCCN(CCO)c1ccc(OC)cc1N. The van der Waals surface area contributed by atoms with E-state index in [4.69, 9.17) is 15.6 Å². The molecule has 0 amide bonds. The van der Waals surface area contributed by atoms with Gasteiger partial charge in [0.15, 0.2) is 0 Å². The second-order valence-electron chi connectivity index (χ2n) is 3.99. The van der Waals surface area contributed by atoms with Gasteiger partial charge in [0.05, 0.1) is 25.1 Å². The van der Waals surface area contributed by atoms with Crippen LogP contribution in [0.5, 0.6) is 5.75 Å². The van der Waals surface area contributed by atoms with E-state index in [1.807, 2.05) is 18.2 Å². The van der Waals surface area contributed by atoms with E-state index in [9.17, 15) is 0 Å². The summed E-state index contributed by atoms with van der Waals surface area (Å²) in [6.45, 7) is 3.80. The number of rotatable bonds is 7. The standard InChI is InChI=1S/C13H22N2O2/c1-3-4-7-15(8-9-16)13-6-5-11(17-2)10-12(13)14/h5-6,10,16H,3-4,7-9,14H2,1-2H3. The fourth-order valence-electron chi connectivity index (χ4n) is 1.77. The van der Waals surface area contributed by atoms with Crippen molar-refractivity contribution in [2.75, 3.05) is 37.4 Å². The number of ether oxygens (including phenoxy) is 1. The molecule has 0 aliphatic rings. The van der Waals surface area contributed by atoms with E-state index >= 15 is 0 Å². The molecule has 0 atom stereocenters. The third-order valence-corrected chi connectivity index (χ3v) is 2.73. The van der Waals surface area contributed by atoms with E-state index in [-0.39, 0.29) is 6.61 Å². The summed E-state index contributed by atoms with van der Waals surface area (Å²) in [4.78, 5) is 2.11. The Morgan fingerprint density at radius 2 is 2.12 bits per heavy atom. The Hall–Kier alpha value is -1.42. The van der Waals surface area contributed by atoms with E-state index in [1.165, 1.54) is 0 Å². The molecule has 4 heteroatoms. The molecular weight excluding hydrogens is 216 g/mol. The molecule has 96 valence electrons. The van der Waals surface area contributed by atoms with Crippen molar-refractivity contribution < 1.29 is 9.84 Å². The van der Waals surface area contributed by atoms with Crippen molar-refractivity contribution in [3.63, 3.8) is 0 Å². The Morgan fingerprint density at radius 3 is 2.65 bits per heavy atom. The fourth-order valence-corrected chi connectivity index (χ4v) is 1.77. The molecule has 1 aromatic carbocycles. The molecule has 0 fully saturated rings. The van der Waals surface area contributed by atoms with Crippen molar-refractivity contribution in [1.29, 1.82) is 0 Å². The average molecular weight is 238 g/mol. The van der Waals surface area contributed by atoms with Crippen LogP contribution in [0.2, 0.25) is 0 Å². The first-order valence-electron chi connectivity index (χ1n) is 6.02. The molecule has 4 nitrogen and oxygen atoms in total. The van der Waals surface area contributed by atoms with Crippen molar-refractivity contribution in [3.05, 3.63) is 18.2 Å². The predicted molar refractivity (Wildman–Crippen MR) is 71.6 cm³/mol. The normalized spacial score (nSPS) is 10.3. The van der Waals surface area contributed by atoms with Crippen LogP contribution in [-0.2, 0) is 0 Å². The van der Waals surface area contributed by atoms with E-state index in [2.05, 4.69) is 11.8 Å². The molecule has 17 heavy (non-hydrogen) atoms. The molecule has 1 aromatic rings. The minimum absolute atomic E-state index is 0.134. The lowest BCUT2D eigenvalue weighted by Gasteiger charge is -2.25. The maximum absolute atomic E-state index is 9.08. The van der Waals surface area contributed by atoms with Crippen molar-refractivity contribution in [1.82, 2.24) is 0 Å². The molecule has 0 saturated heterocycles. The summed E-state index contributed by atoms with van der Waals surface area (Å²) < 4.78 is 5.12. The van der Waals surface area contributed by atoms with Gasteiger partial charge in [-0.15, -0.1) is 0 Å². The van der Waals surface area contributed by atoms with Gasteiger partial charge in [0.1, 0.15) is 5.75 Å². The van der Waals surface area contributed by atoms with E-state index in [0.29, 0.717) is 12.2 Å². The number of nitrogen functional groups attached to an aromatic ring is 1. The minimum atomic E-state index is 0.134. The Morgan fingerprint density at radius 1 is 1.35 bits per heavy atom. The number of benzene rings is 1. The van der Waals surface area contributed by atoms with Gasteiger partial charge < -0.3 is 20.5 Å². The van der Waals surface area contributed by atoms with Gasteiger partial charge in [0.25, 0.3) is 0 Å². The zero-order valence-corrected chi connectivity index (χ0v) is 10.6. The van der Waals surface area contributed by atoms with Gasteiger partial charge in [0, 0.05) is 19.2 Å². The van der Waals surface area contributed by atoms with Crippen LogP contribution in [-0.4, -0.2) is 31.9 Å². The van der Waals surface area contributed by atoms with Gasteiger partial charge in [-0.1, -0.05) is 13.3 Å². The molecule has 0 saturated carbocycles. The lowest BCUT2D eigenvalue weighted by molar-refractivity contribution is 0.301. The molecular formula is C13H22N2O2. The van der Waals surface area contributed by atoms with Crippen molar-refractivity contribution in [2.45, 2.75) is 19.8 Å². The molecule has 0 aromatic heterocycles. The number of anilines is 2. The van der Waals surface area contributed by atoms with Gasteiger partial charge >= 0.3 is 0 Å². The number of methoxy groups -OCH3 is 1. The summed E-state index contributed by atoms with van der Waals surface area (Å²) in [6.07, 6.45) is 2.21. The van der Waals surface area contributed by atoms with Crippen LogP contribution in [0, 0.1) is 0 Å². The first kappa shape index (κ1) is 13.6. The summed E-state index contributed by atoms with van der Waals surface area (Å²) in [7, 11) is 1.62. The van der Waals surface area contributed by atoms with Crippen LogP contribution in [0.3, 0.4) is 0 Å². The zero-order chi connectivity index (χ0) is 12.7. The smallest absolute Gasteiger partial charge is 0.121 e. The third-order valence-electron chi connectivity index (χ3n) is 2.73. The number of aliphatic hydroxyl groups excluding tert-OH is 1. The molecule has 0 aliphatic heterocycles. The summed E-state index contributed by atoms with van der Waals surface area (Å²) >= 11 is 0. The zero-order valence-electron chi connectivity index (χ0n) is 10.6. The Kier molecular flexibility index (Phi) is 5.63. The fraction of sp³-hybridized carbons (Fsp3) is 0.538. The lowest BCUT2D eigenvalue weighted by Crippen LogP contribution is -2.28. The van der Waals surface area contributed by atoms with Crippen LogP contribution >= 0.6 is 0 Å². The van der Waals surface area contributed by atoms with Gasteiger partial charge in [-0.05, 0) is 18.6 Å². The van der Waals surface area contributed by atoms with Crippen LogP contribution in [0.1, 0.15) is 19.8 Å². The monoisotopic (exact) mass is 238 g/mol. The predicted octanol–water partition coefficient (Wildman–Crippen LogP) is 1.88. The van der Waals surface area contributed by atoms with Gasteiger partial charge in [-0.25, -0.2) is 0 Å². The van der Waals surface area contributed by atoms with E-state index in [0.717, 1.165) is 30.8 Å². The second kappa shape index (κ2) is 7.01. The first-order chi connectivity index (χ1) is 8.22. The van der Waals surface area contributed by atoms with Gasteiger partial charge in [0.2, 0.25) is 0 Å². The van der Waals surface area contributed by atoms with Crippen LogP contribution in [0.4, 0.5) is 11.4 Å². The van der Waals surface area contributed by atoms with E-state index < -0.39 is 0 Å². The molecule has 0 unspecified atom stereocenters. The summed E-state index contributed by atoms with van der Waals surface area (Å²) in [5, 5.41) is 9.08. The van der Waals surface area contributed by atoms with Crippen molar-refractivity contribution in [2.24, 2.45) is 0 Å². The number of nitrogens with zero attached hydrogens (tertiary/aromatic N) is 1. The Balaban J connectivity index is 2.85. The quantitative estimate of drug-likeness (QED) is 0.712. The molecule has 0 bridgehead atoms. The second-order valence-corrected chi connectivity index (χ2v) is 3.99. The molecule has 0 spiro atoms. The minimum Gasteiger partial charge on any atom is -0.497 e. The Bertz CT molecular complexity index is 342. The number of unbranched alkanes of at least 4 members (excludes halogenated alkanes) is 1. The summed E-state index contributed by atoms with van der Waals surface area (Å²) in [6, 6.07) is 5.65. The topological polar surface area (TPSA) is 58.7 Å². The first-order valence-corrected chi connectivity index (χ1v) is 6.02. The average Bonchev–Trinajstić information content (AvgIpc) is 2.34. The van der Waals surface area contributed by atoms with Crippen molar-refractivity contribution in [3.8, 4) is 5.75 Å². The number of hydrogen-bond acceptors (Lipinski definition) is 4. The van der Waals surface area contributed by atoms with Crippen LogP contribution < -0.4 is 15.4 Å². The highest BCUT2D eigenvalue weighted by Gasteiger charge is 2.09. The molecule has 3 N–H and O–H groups in total. The highest BCUT2D eigenvalue weighted by Crippen LogP contribution is 2.27. The Labute approximate surface area is 103 Å². The number of hydrogen-bond donors (Lipinski definition) is 2. The number of aliphatic hydroxyl groups is 1. The highest BCUT2D eigenvalue weighted by molar-refractivity contribution is 5.69. The molecule has 0 aliphatic carbocycles. The molecule has 0 heterocycles. The van der Waals surface area contributed by atoms with Crippen LogP contribution in [0.15, 0.2) is 18.2 Å². The maximum atomic E-state index is 9.08. The van der Waals surface area contributed by atoms with Crippen molar-refractivity contribution >= 4 is 11.4 Å². The highest BCUT2D eigenvalue weighted by atomic mass is 16.5.